The minimum absolute atomic E-state index is 0.175. The van der Waals surface area contributed by atoms with Crippen molar-refractivity contribution < 1.29 is 9.53 Å². The Labute approximate surface area is 90.8 Å². The molecule has 2 saturated heterocycles. The summed E-state index contributed by atoms with van der Waals surface area (Å²) in [6, 6.07) is 0.342. The van der Waals surface area contributed by atoms with Gasteiger partial charge >= 0.3 is 6.09 Å². The molecule has 4 nitrogen and oxygen atoms in total. The Hall–Kier alpha value is -0.770. The Morgan fingerprint density at radius 1 is 1.53 bits per heavy atom. The highest BCUT2D eigenvalue weighted by Gasteiger charge is 2.53. The van der Waals surface area contributed by atoms with E-state index in [9.17, 15) is 4.79 Å². The molecule has 0 spiro atoms. The number of hydrogen-bond acceptors (Lipinski definition) is 3. The van der Waals surface area contributed by atoms with Crippen LogP contribution in [0, 0.1) is 11.8 Å². The van der Waals surface area contributed by atoms with Crippen LogP contribution in [-0.2, 0) is 4.74 Å². The summed E-state index contributed by atoms with van der Waals surface area (Å²) in [6.07, 6.45) is 0.937. The number of rotatable bonds is 1. The summed E-state index contributed by atoms with van der Waals surface area (Å²) in [5.74, 6) is 1.13. The van der Waals surface area contributed by atoms with Crippen LogP contribution in [-0.4, -0.2) is 35.7 Å². The Morgan fingerprint density at radius 2 is 2.20 bits per heavy atom. The van der Waals surface area contributed by atoms with Gasteiger partial charge in [0.05, 0.1) is 0 Å². The fourth-order valence-electron chi connectivity index (χ4n) is 2.61. The molecule has 15 heavy (non-hydrogen) atoms. The van der Waals surface area contributed by atoms with Crippen LogP contribution in [0.15, 0.2) is 0 Å². The van der Waals surface area contributed by atoms with Gasteiger partial charge < -0.3 is 15.4 Å². The molecule has 2 aliphatic heterocycles. The normalized spacial score (nSPS) is 33.9. The lowest BCUT2D eigenvalue weighted by Gasteiger charge is -2.35. The third-order valence-corrected chi connectivity index (χ3v) is 3.38. The van der Waals surface area contributed by atoms with Crippen molar-refractivity contribution in [2.45, 2.75) is 38.8 Å². The molecule has 2 bridgehead atoms. The number of hydrogen-bond donors (Lipinski definition) is 1. The zero-order valence-corrected chi connectivity index (χ0v) is 9.69. The lowest BCUT2D eigenvalue weighted by atomic mass is 9.74. The maximum atomic E-state index is 11.8. The van der Waals surface area contributed by atoms with Crippen LogP contribution in [0.4, 0.5) is 4.79 Å². The van der Waals surface area contributed by atoms with Crippen LogP contribution in [0.1, 0.15) is 27.2 Å². The molecule has 1 saturated carbocycles. The molecule has 2 heterocycles. The van der Waals surface area contributed by atoms with E-state index in [1.165, 1.54) is 0 Å². The fourth-order valence-corrected chi connectivity index (χ4v) is 2.61. The molecule has 0 aromatic carbocycles. The van der Waals surface area contributed by atoms with E-state index in [0.717, 1.165) is 13.0 Å². The van der Waals surface area contributed by atoms with E-state index >= 15 is 0 Å². The first-order valence-corrected chi connectivity index (χ1v) is 5.62. The molecule has 86 valence electrons. The second kappa shape index (κ2) is 3.37. The molecule has 3 fully saturated rings. The summed E-state index contributed by atoms with van der Waals surface area (Å²) in [5, 5.41) is 0. The summed E-state index contributed by atoms with van der Waals surface area (Å²) in [6.45, 7) is 7.21. The molecule has 0 radical (unpaired) electrons. The van der Waals surface area contributed by atoms with Gasteiger partial charge in [0.1, 0.15) is 5.60 Å². The van der Waals surface area contributed by atoms with E-state index in [-0.39, 0.29) is 6.09 Å². The maximum absolute atomic E-state index is 11.8. The fraction of sp³-hybridized carbons (Fsp3) is 0.909. The summed E-state index contributed by atoms with van der Waals surface area (Å²) >= 11 is 0. The Balaban J connectivity index is 1.94. The number of fused-ring (bicyclic) bond motifs is 1. The quantitative estimate of drug-likeness (QED) is 0.710. The predicted octanol–water partition coefficient (Wildman–Crippen LogP) is 1.20. The predicted molar refractivity (Wildman–Crippen MR) is 57.4 cm³/mol. The standard InChI is InChI=1S/C11H20N2O2/c1-11(2,3)15-10(14)13-6-7-4-9(13)8(7)5-12/h7-9H,4-6,12H2,1-3H3/t7-,8-,9-/m0/s1. The van der Waals surface area contributed by atoms with E-state index in [0.29, 0.717) is 24.4 Å². The number of carbonyl (C=O) groups excluding carboxylic acids is 1. The zero-order valence-electron chi connectivity index (χ0n) is 9.69. The topological polar surface area (TPSA) is 55.6 Å². The molecule has 1 aliphatic carbocycles. The number of nitrogens with zero attached hydrogens (tertiary/aromatic N) is 1. The highest BCUT2D eigenvalue weighted by Crippen LogP contribution is 2.46. The molecule has 4 heteroatoms. The highest BCUT2D eigenvalue weighted by molar-refractivity contribution is 5.69. The van der Waals surface area contributed by atoms with Gasteiger partial charge in [-0.2, -0.15) is 0 Å². The van der Waals surface area contributed by atoms with Gasteiger partial charge in [0, 0.05) is 12.6 Å². The van der Waals surface area contributed by atoms with Crippen molar-refractivity contribution in [3.63, 3.8) is 0 Å². The smallest absolute Gasteiger partial charge is 0.410 e. The molecule has 3 aliphatic rings. The lowest BCUT2D eigenvalue weighted by Crippen LogP contribution is -2.45. The largest absolute Gasteiger partial charge is 0.444 e. The van der Waals surface area contributed by atoms with Gasteiger partial charge in [0.15, 0.2) is 0 Å². The maximum Gasteiger partial charge on any atom is 0.410 e. The molecule has 3 atom stereocenters. The summed E-state index contributed by atoms with van der Waals surface area (Å²) in [7, 11) is 0. The number of ether oxygens (including phenoxy) is 1. The Bertz CT molecular complexity index is 272. The van der Waals surface area contributed by atoms with E-state index in [1.54, 1.807) is 0 Å². The third kappa shape index (κ3) is 1.83. The van der Waals surface area contributed by atoms with Gasteiger partial charge in [-0.3, -0.25) is 0 Å². The van der Waals surface area contributed by atoms with E-state index in [2.05, 4.69) is 0 Å². The first-order valence-electron chi connectivity index (χ1n) is 5.62. The van der Waals surface area contributed by atoms with Crippen LogP contribution >= 0.6 is 0 Å². The summed E-state index contributed by atoms with van der Waals surface area (Å²) in [5.41, 5.74) is 5.26. The SMILES string of the molecule is CC(C)(C)OC(=O)N1C[C@@H]2C[C@H]1[C@H]2CN. The van der Waals surface area contributed by atoms with E-state index < -0.39 is 5.60 Å². The van der Waals surface area contributed by atoms with Crippen molar-refractivity contribution >= 4 is 6.09 Å². The molecular formula is C11H20N2O2. The highest BCUT2D eigenvalue weighted by atomic mass is 16.6. The number of amides is 1. The van der Waals surface area contributed by atoms with Gasteiger partial charge in [-0.1, -0.05) is 0 Å². The first-order chi connectivity index (χ1) is 6.92. The third-order valence-electron chi connectivity index (χ3n) is 3.38. The lowest BCUT2D eigenvalue weighted by molar-refractivity contribution is 0.0207. The second-order valence-electron chi connectivity index (χ2n) is 5.60. The van der Waals surface area contributed by atoms with Crippen LogP contribution < -0.4 is 5.73 Å². The van der Waals surface area contributed by atoms with Crippen LogP contribution in [0.3, 0.4) is 0 Å². The van der Waals surface area contributed by atoms with Gasteiger partial charge in [-0.15, -0.1) is 0 Å². The first kappa shape index (κ1) is 10.7. The molecule has 2 N–H and O–H groups in total. The van der Waals surface area contributed by atoms with Crippen LogP contribution in [0.2, 0.25) is 0 Å². The zero-order chi connectivity index (χ0) is 11.2. The molecule has 0 aromatic rings. The number of nitrogens with two attached hydrogens (primary N) is 1. The van der Waals surface area contributed by atoms with Crippen molar-refractivity contribution in [1.82, 2.24) is 4.90 Å². The Kier molecular flexibility index (Phi) is 2.41. The molecule has 1 amide bonds. The van der Waals surface area contributed by atoms with Crippen LogP contribution in [0.5, 0.6) is 0 Å². The summed E-state index contributed by atoms with van der Waals surface area (Å²) < 4.78 is 5.36. The minimum atomic E-state index is -0.401. The van der Waals surface area contributed by atoms with Crippen molar-refractivity contribution in [2.75, 3.05) is 13.1 Å². The van der Waals surface area contributed by atoms with E-state index in [4.69, 9.17) is 10.5 Å². The van der Waals surface area contributed by atoms with Crippen molar-refractivity contribution in [3.8, 4) is 0 Å². The van der Waals surface area contributed by atoms with Gasteiger partial charge in [-0.25, -0.2) is 4.79 Å². The van der Waals surface area contributed by atoms with Crippen molar-refractivity contribution in [1.29, 1.82) is 0 Å². The van der Waals surface area contributed by atoms with E-state index in [1.807, 2.05) is 25.7 Å². The summed E-state index contributed by atoms with van der Waals surface area (Å²) in [4.78, 5) is 13.7. The van der Waals surface area contributed by atoms with Gasteiger partial charge in [-0.05, 0) is 45.6 Å². The number of carbonyl (C=O) groups is 1. The molecule has 3 rings (SSSR count). The molecule has 0 aromatic heterocycles. The van der Waals surface area contributed by atoms with Crippen LogP contribution in [0.25, 0.3) is 0 Å². The monoisotopic (exact) mass is 212 g/mol. The average Bonchev–Trinajstić information content (AvgIpc) is 2.56. The second-order valence-corrected chi connectivity index (χ2v) is 5.60. The van der Waals surface area contributed by atoms with Gasteiger partial charge in [0.25, 0.3) is 0 Å². The Morgan fingerprint density at radius 3 is 2.67 bits per heavy atom. The minimum Gasteiger partial charge on any atom is -0.444 e. The molecular weight excluding hydrogens is 192 g/mol. The average molecular weight is 212 g/mol. The molecule has 0 unspecified atom stereocenters. The van der Waals surface area contributed by atoms with Gasteiger partial charge in [0.2, 0.25) is 0 Å². The van der Waals surface area contributed by atoms with Crippen molar-refractivity contribution in [2.24, 2.45) is 17.6 Å². The van der Waals surface area contributed by atoms with Crippen molar-refractivity contribution in [3.05, 3.63) is 0 Å².